The lowest BCUT2D eigenvalue weighted by Crippen LogP contribution is -1.96. The monoisotopic (exact) mass is 392 g/mol. The predicted molar refractivity (Wildman–Crippen MR) is 88.1 cm³/mol. The number of aryl methyl sites for hydroxylation is 1. The van der Waals surface area contributed by atoms with Gasteiger partial charge in [0.05, 0.1) is 16.4 Å². The summed E-state index contributed by atoms with van der Waals surface area (Å²) in [5.41, 5.74) is 9.14. The van der Waals surface area contributed by atoms with Crippen LogP contribution in [-0.4, -0.2) is 0 Å². The molecule has 18 heavy (non-hydrogen) atoms. The van der Waals surface area contributed by atoms with Gasteiger partial charge in [-0.15, -0.1) is 0 Å². The molecule has 0 aliphatic rings. The van der Waals surface area contributed by atoms with Crippen LogP contribution < -0.4 is 11.1 Å². The van der Waals surface area contributed by atoms with E-state index < -0.39 is 0 Å². The smallest absolute Gasteiger partial charge is 0.0644 e. The van der Waals surface area contributed by atoms with Crippen LogP contribution in [0.5, 0.6) is 0 Å². The maximum atomic E-state index is 6.19. The summed E-state index contributed by atoms with van der Waals surface area (Å²) >= 11 is 14.5. The van der Waals surface area contributed by atoms with E-state index >= 15 is 0 Å². The van der Waals surface area contributed by atoms with Gasteiger partial charge in [-0.2, -0.15) is 0 Å². The Balaban J connectivity index is 2.37. The second-order valence-corrected chi connectivity index (χ2v) is 5.92. The quantitative estimate of drug-likeness (QED) is 0.542. The number of nitrogens with two attached hydrogens (primary N) is 1. The highest BCUT2D eigenvalue weighted by Crippen LogP contribution is 2.32. The number of nitrogens with one attached hydrogen (secondary N) is 1. The Hall–Kier alpha value is -0.650. The Morgan fingerprint density at radius 3 is 2.44 bits per heavy atom. The van der Waals surface area contributed by atoms with Gasteiger partial charge in [0, 0.05) is 14.3 Å². The van der Waals surface area contributed by atoms with Crippen LogP contribution >= 0.6 is 45.8 Å². The molecule has 0 aliphatic carbocycles. The minimum Gasteiger partial charge on any atom is -0.399 e. The van der Waals surface area contributed by atoms with Crippen molar-refractivity contribution in [3.8, 4) is 0 Å². The average molecular weight is 393 g/mol. The Morgan fingerprint density at radius 2 is 1.78 bits per heavy atom. The highest BCUT2D eigenvalue weighted by atomic mass is 127. The Bertz CT molecular complexity index is 600. The molecule has 0 amide bonds. The molecule has 0 aliphatic heterocycles. The third-order valence-corrected chi connectivity index (χ3v) is 4.12. The fourth-order valence-corrected chi connectivity index (χ4v) is 2.62. The van der Waals surface area contributed by atoms with Gasteiger partial charge >= 0.3 is 0 Å². The van der Waals surface area contributed by atoms with Crippen LogP contribution in [0.25, 0.3) is 0 Å². The zero-order chi connectivity index (χ0) is 13.3. The minimum atomic E-state index is 0.643. The summed E-state index contributed by atoms with van der Waals surface area (Å²) in [5.74, 6) is 0. The Kier molecular flexibility index (Phi) is 4.25. The van der Waals surface area contributed by atoms with Crippen molar-refractivity contribution in [3.63, 3.8) is 0 Å². The first-order valence-corrected chi connectivity index (χ1v) is 7.08. The third-order valence-electron chi connectivity index (χ3n) is 2.51. The van der Waals surface area contributed by atoms with Crippen molar-refractivity contribution in [1.29, 1.82) is 0 Å². The Labute approximate surface area is 130 Å². The summed E-state index contributed by atoms with van der Waals surface area (Å²) in [7, 11) is 0. The normalized spacial score (nSPS) is 10.4. The molecule has 0 heterocycles. The van der Waals surface area contributed by atoms with E-state index in [4.69, 9.17) is 28.9 Å². The van der Waals surface area contributed by atoms with Crippen molar-refractivity contribution in [2.75, 3.05) is 11.1 Å². The number of nitrogen functional groups attached to an aromatic ring is 1. The maximum Gasteiger partial charge on any atom is 0.0644 e. The molecule has 2 aromatic rings. The van der Waals surface area contributed by atoms with Gasteiger partial charge in [-0.1, -0.05) is 23.2 Å². The van der Waals surface area contributed by atoms with Gasteiger partial charge in [-0.3, -0.25) is 0 Å². The zero-order valence-corrected chi connectivity index (χ0v) is 13.3. The molecule has 0 aromatic heterocycles. The first-order chi connectivity index (χ1) is 8.47. The molecular weight excluding hydrogens is 382 g/mol. The van der Waals surface area contributed by atoms with Gasteiger partial charge in [0.15, 0.2) is 0 Å². The van der Waals surface area contributed by atoms with Crippen LogP contribution in [0.2, 0.25) is 10.0 Å². The zero-order valence-electron chi connectivity index (χ0n) is 9.60. The van der Waals surface area contributed by atoms with Crippen LogP contribution in [0.15, 0.2) is 30.3 Å². The van der Waals surface area contributed by atoms with Gasteiger partial charge in [-0.05, 0) is 65.4 Å². The van der Waals surface area contributed by atoms with Crippen LogP contribution in [0.4, 0.5) is 17.1 Å². The molecule has 2 aromatic carbocycles. The molecule has 0 saturated heterocycles. The summed E-state index contributed by atoms with van der Waals surface area (Å²) < 4.78 is 1.03. The highest BCUT2D eigenvalue weighted by Gasteiger charge is 2.07. The summed E-state index contributed by atoms with van der Waals surface area (Å²) in [6.45, 7) is 1.92. The van der Waals surface area contributed by atoms with Crippen LogP contribution in [0, 0.1) is 10.5 Å². The lowest BCUT2D eigenvalue weighted by Gasteiger charge is -2.12. The molecule has 0 radical (unpaired) electrons. The molecule has 0 atom stereocenters. The van der Waals surface area contributed by atoms with E-state index in [-0.39, 0.29) is 0 Å². The van der Waals surface area contributed by atoms with Crippen LogP contribution in [0.3, 0.4) is 0 Å². The lowest BCUT2D eigenvalue weighted by atomic mass is 10.2. The fourth-order valence-electron chi connectivity index (χ4n) is 1.52. The van der Waals surface area contributed by atoms with Crippen molar-refractivity contribution in [2.45, 2.75) is 6.92 Å². The van der Waals surface area contributed by atoms with Gasteiger partial charge in [0.2, 0.25) is 0 Å². The summed E-state index contributed by atoms with van der Waals surface area (Å²) in [6, 6.07) is 9.32. The van der Waals surface area contributed by atoms with E-state index in [1.165, 1.54) is 0 Å². The van der Waals surface area contributed by atoms with Gasteiger partial charge in [-0.25, -0.2) is 0 Å². The number of benzene rings is 2. The molecule has 2 rings (SSSR count). The lowest BCUT2D eigenvalue weighted by molar-refractivity contribution is 1.45. The van der Waals surface area contributed by atoms with E-state index in [9.17, 15) is 0 Å². The van der Waals surface area contributed by atoms with Gasteiger partial charge in [0.1, 0.15) is 0 Å². The number of rotatable bonds is 2. The average Bonchev–Trinajstić information content (AvgIpc) is 2.29. The fraction of sp³-hybridized carbons (Fsp3) is 0.0769. The molecular formula is C13H11Cl2IN2. The van der Waals surface area contributed by atoms with E-state index in [0.29, 0.717) is 10.0 Å². The Morgan fingerprint density at radius 1 is 1.06 bits per heavy atom. The molecule has 0 fully saturated rings. The van der Waals surface area contributed by atoms with E-state index in [1.54, 1.807) is 0 Å². The second-order valence-electron chi connectivity index (χ2n) is 3.95. The molecule has 0 spiro atoms. The van der Waals surface area contributed by atoms with E-state index in [0.717, 1.165) is 26.2 Å². The molecule has 5 heteroatoms. The molecule has 0 saturated carbocycles. The first kappa shape index (κ1) is 13.8. The van der Waals surface area contributed by atoms with Crippen molar-refractivity contribution in [2.24, 2.45) is 0 Å². The molecule has 0 unspecified atom stereocenters. The number of anilines is 3. The molecule has 94 valence electrons. The highest BCUT2D eigenvalue weighted by molar-refractivity contribution is 14.1. The van der Waals surface area contributed by atoms with Crippen molar-refractivity contribution < 1.29 is 0 Å². The van der Waals surface area contributed by atoms with Crippen molar-refractivity contribution in [3.05, 3.63) is 49.5 Å². The first-order valence-electron chi connectivity index (χ1n) is 5.25. The van der Waals surface area contributed by atoms with Crippen LogP contribution in [0.1, 0.15) is 5.56 Å². The maximum absolute atomic E-state index is 6.19. The standard InChI is InChI=1S/C13H11Cl2IN2/c1-7-4-10(15)13(6-9(7)14)18-12-3-2-8(17)5-11(12)16/h2-6,18H,17H2,1H3. The summed E-state index contributed by atoms with van der Waals surface area (Å²) in [4.78, 5) is 0. The second kappa shape index (κ2) is 5.55. The topological polar surface area (TPSA) is 38.0 Å². The largest absolute Gasteiger partial charge is 0.399 e. The van der Waals surface area contributed by atoms with E-state index in [1.807, 2.05) is 37.3 Å². The number of halogens is 3. The SMILES string of the molecule is Cc1cc(Cl)c(Nc2ccc(N)cc2I)cc1Cl. The predicted octanol–water partition coefficient (Wildman–Crippen LogP) is 5.23. The third kappa shape index (κ3) is 3.02. The van der Waals surface area contributed by atoms with Crippen molar-refractivity contribution in [1.82, 2.24) is 0 Å². The minimum absolute atomic E-state index is 0.643. The van der Waals surface area contributed by atoms with Gasteiger partial charge < -0.3 is 11.1 Å². The number of hydrogen-bond acceptors (Lipinski definition) is 2. The van der Waals surface area contributed by atoms with Gasteiger partial charge in [0.25, 0.3) is 0 Å². The van der Waals surface area contributed by atoms with E-state index in [2.05, 4.69) is 27.9 Å². The summed E-state index contributed by atoms with van der Waals surface area (Å²) in [5, 5.41) is 4.59. The molecule has 2 nitrogen and oxygen atoms in total. The van der Waals surface area contributed by atoms with Crippen molar-refractivity contribution >= 4 is 62.9 Å². The summed E-state index contributed by atoms with van der Waals surface area (Å²) in [6.07, 6.45) is 0. The molecule has 0 bridgehead atoms. The molecule has 3 N–H and O–H groups in total. The number of hydrogen-bond donors (Lipinski definition) is 2. The van der Waals surface area contributed by atoms with Crippen LogP contribution in [-0.2, 0) is 0 Å².